The summed E-state index contributed by atoms with van der Waals surface area (Å²) < 4.78 is 105. The Bertz CT molecular complexity index is 1910. The fraction of sp³-hybridized carbons (Fsp3) is 0.303. The minimum Gasteiger partial charge on any atom is -0.496 e. The number of rotatable bonds is 8. The summed E-state index contributed by atoms with van der Waals surface area (Å²) in [5.41, 5.74) is -2.76. The lowest BCUT2D eigenvalue weighted by atomic mass is 9.97. The van der Waals surface area contributed by atoms with Gasteiger partial charge in [-0.15, -0.1) is 11.3 Å². The smallest absolute Gasteiger partial charge is 0.419 e. The highest BCUT2D eigenvalue weighted by Gasteiger charge is 2.35. The number of anilines is 3. The first kappa shape index (κ1) is 35.4. The standard InChI is InChI=1S/C33H28F7N3O5S/c1-3-48-31(46)17-5-4-12-43(16-17)20-8-11-25(47-2)22(15-20)29(44)42-27-21-9-6-18(32(35,36)37)13-26(21)49-28(27)30(45)41-19-7-10-24(34)23(14-19)33(38,39)40/h6-11,13-15,17H,3-5,12,16H2,1-2H3,(H,41,45)(H,42,44). The fourth-order valence-corrected chi connectivity index (χ4v) is 6.57. The van der Waals surface area contributed by atoms with E-state index in [-0.39, 0.29) is 50.5 Å². The highest BCUT2D eigenvalue weighted by molar-refractivity contribution is 7.21. The zero-order chi connectivity index (χ0) is 35.7. The number of carbonyl (C=O) groups is 3. The van der Waals surface area contributed by atoms with Crippen molar-refractivity contribution in [3.8, 4) is 5.75 Å². The van der Waals surface area contributed by atoms with Gasteiger partial charge in [-0.1, -0.05) is 6.07 Å². The average molecular weight is 712 g/mol. The summed E-state index contributed by atoms with van der Waals surface area (Å²) in [6.45, 7) is 2.84. The van der Waals surface area contributed by atoms with Crippen LogP contribution in [-0.2, 0) is 21.9 Å². The van der Waals surface area contributed by atoms with Crippen LogP contribution in [0.3, 0.4) is 0 Å². The number of fused-ring (bicyclic) bond motifs is 1. The van der Waals surface area contributed by atoms with E-state index in [0.29, 0.717) is 55.1 Å². The first-order chi connectivity index (χ1) is 23.1. The number of methoxy groups -OCH3 is 1. The van der Waals surface area contributed by atoms with E-state index in [1.807, 2.05) is 4.90 Å². The summed E-state index contributed by atoms with van der Waals surface area (Å²) in [6, 6.07) is 9.12. The molecule has 1 aliphatic rings. The van der Waals surface area contributed by atoms with Crippen LogP contribution in [0.1, 0.15) is 50.9 Å². The van der Waals surface area contributed by atoms with Crippen molar-refractivity contribution in [3.63, 3.8) is 0 Å². The number of hydrogen-bond donors (Lipinski definition) is 2. The number of piperidine rings is 1. The van der Waals surface area contributed by atoms with Crippen LogP contribution in [0.15, 0.2) is 54.6 Å². The third-order valence-corrected chi connectivity index (χ3v) is 8.98. The van der Waals surface area contributed by atoms with Gasteiger partial charge in [-0.25, -0.2) is 4.39 Å². The zero-order valence-corrected chi connectivity index (χ0v) is 26.7. The van der Waals surface area contributed by atoms with Gasteiger partial charge in [0.25, 0.3) is 11.8 Å². The molecule has 5 rings (SSSR count). The minimum absolute atomic E-state index is 0.00997. The summed E-state index contributed by atoms with van der Waals surface area (Å²) in [6.07, 6.45) is -8.51. The Kier molecular flexibility index (Phi) is 10.1. The maximum Gasteiger partial charge on any atom is 0.419 e. The fourth-order valence-electron chi connectivity index (χ4n) is 5.48. The molecular weight excluding hydrogens is 683 g/mol. The number of nitrogens with one attached hydrogen (secondary N) is 2. The molecule has 0 aliphatic carbocycles. The van der Waals surface area contributed by atoms with Crippen LogP contribution >= 0.6 is 11.3 Å². The van der Waals surface area contributed by atoms with Crippen molar-refractivity contribution in [1.29, 1.82) is 0 Å². The number of carbonyl (C=O) groups excluding carboxylic acids is 3. The number of thiophene rings is 1. The number of ether oxygens (including phenoxy) is 2. The van der Waals surface area contributed by atoms with Crippen molar-refractivity contribution in [1.82, 2.24) is 0 Å². The zero-order valence-electron chi connectivity index (χ0n) is 25.9. The molecule has 0 saturated carbocycles. The van der Waals surface area contributed by atoms with Gasteiger partial charge in [0.1, 0.15) is 16.4 Å². The van der Waals surface area contributed by atoms with Crippen LogP contribution in [0.4, 0.5) is 47.8 Å². The van der Waals surface area contributed by atoms with Gasteiger partial charge in [-0.3, -0.25) is 14.4 Å². The molecule has 8 nitrogen and oxygen atoms in total. The van der Waals surface area contributed by atoms with Gasteiger partial charge in [-0.2, -0.15) is 26.3 Å². The molecule has 2 N–H and O–H groups in total. The molecule has 1 aliphatic heterocycles. The van der Waals surface area contributed by atoms with E-state index in [4.69, 9.17) is 9.47 Å². The van der Waals surface area contributed by atoms with Crippen molar-refractivity contribution in [3.05, 3.63) is 82.0 Å². The summed E-state index contributed by atoms with van der Waals surface area (Å²) in [4.78, 5) is 41.2. The maximum absolute atomic E-state index is 13.9. The molecule has 49 heavy (non-hydrogen) atoms. The lowest BCUT2D eigenvalue weighted by Gasteiger charge is -2.33. The molecule has 4 aromatic rings. The van der Waals surface area contributed by atoms with Gasteiger partial charge >= 0.3 is 18.3 Å². The molecule has 1 fully saturated rings. The third kappa shape index (κ3) is 7.74. The number of amides is 2. The minimum atomic E-state index is -5.07. The number of alkyl halides is 6. The predicted molar refractivity (Wildman–Crippen MR) is 169 cm³/mol. The highest BCUT2D eigenvalue weighted by atomic mass is 32.1. The van der Waals surface area contributed by atoms with Crippen molar-refractivity contribution < 1.29 is 54.6 Å². The SMILES string of the molecule is CCOC(=O)C1CCCN(c2ccc(OC)c(C(=O)Nc3c(C(=O)Nc4ccc(F)c(C(F)(F)F)c4)sc4cc(C(F)(F)F)ccc34)c2)C1. The van der Waals surface area contributed by atoms with E-state index in [9.17, 15) is 45.1 Å². The number of hydrogen-bond acceptors (Lipinski definition) is 7. The van der Waals surface area contributed by atoms with Crippen LogP contribution in [0, 0.1) is 11.7 Å². The summed E-state index contributed by atoms with van der Waals surface area (Å²) >= 11 is 0.568. The Morgan fingerprint density at radius 3 is 2.37 bits per heavy atom. The van der Waals surface area contributed by atoms with Crippen LogP contribution in [0.5, 0.6) is 5.75 Å². The molecular formula is C33H28F7N3O5S. The monoisotopic (exact) mass is 711 g/mol. The lowest BCUT2D eigenvalue weighted by molar-refractivity contribution is -0.148. The largest absolute Gasteiger partial charge is 0.496 e. The summed E-state index contributed by atoms with van der Waals surface area (Å²) in [7, 11) is 1.32. The Labute approximate surface area is 278 Å². The second-order valence-electron chi connectivity index (χ2n) is 11.0. The Morgan fingerprint density at radius 1 is 0.939 bits per heavy atom. The van der Waals surface area contributed by atoms with E-state index in [1.165, 1.54) is 19.2 Å². The topological polar surface area (TPSA) is 97.0 Å². The normalized spacial score (nSPS) is 15.2. The van der Waals surface area contributed by atoms with E-state index in [2.05, 4.69) is 10.6 Å². The van der Waals surface area contributed by atoms with E-state index < -0.39 is 46.8 Å². The summed E-state index contributed by atoms with van der Waals surface area (Å²) in [5, 5.41) is 4.85. The molecule has 1 aromatic heterocycles. The molecule has 1 unspecified atom stereocenters. The van der Waals surface area contributed by atoms with Gasteiger partial charge in [0, 0.05) is 34.6 Å². The number of halogens is 7. The van der Waals surface area contributed by atoms with E-state index in [0.717, 1.165) is 24.3 Å². The van der Waals surface area contributed by atoms with Crippen LogP contribution < -0.4 is 20.3 Å². The molecule has 1 saturated heterocycles. The van der Waals surface area contributed by atoms with Gasteiger partial charge in [-0.05, 0) is 68.3 Å². The van der Waals surface area contributed by atoms with Gasteiger partial charge in [0.2, 0.25) is 0 Å². The molecule has 3 aromatic carbocycles. The number of benzene rings is 3. The highest BCUT2D eigenvalue weighted by Crippen LogP contribution is 2.41. The number of esters is 1. The Balaban J connectivity index is 1.51. The first-order valence-corrected chi connectivity index (χ1v) is 15.6. The van der Waals surface area contributed by atoms with Crippen LogP contribution in [0.2, 0.25) is 0 Å². The van der Waals surface area contributed by atoms with Crippen molar-refractivity contribution in [2.75, 3.05) is 42.3 Å². The molecule has 2 amide bonds. The molecule has 16 heteroatoms. The van der Waals surface area contributed by atoms with E-state index in [1.54, 1.807) is 13.0 Å². The second-order valence-corrected chi connectivity index (χ2v) is 12.1. The van der Waals surface area contributed by atoms with Gasteiger partial charge in [0.15, 0.2) is 0 Å². The van der Waals surface area contributed by atoms with Crippen LogP contribution in [-0.4, -0.2) is 44.6 Å². The average Bonchev–Trinajstić information content (AvgIpc) is 3.42. The van der Waals surface area contributed by atoms with Gasteiger partial charge in [0.05, 0.1) is 42.0 Å². The molecule has 260 valence electrons. The van der Waals surface area contributed by atoms with Crippen molar-refractivity contribution in [2.45, 2.75) is 32.1 Å². The number of nitrogens with zero attached hydrogens (tertiary/aromatic N) is 1. The molecule has 0 spiro atoms. The maximum atomic E-state index is 13.9. The van der Waals surface area contributed by atoms with Crippen molar-refractivity contribution >= 4 is 56.3 Å². The molecule has 0 radical (unpaired) electrons. The summed E-state index contributed by atoms with van der Waals surface area (Å²) in [5.74, 6) is -4.05. The molecule has 1 atom stereocenters. The third-order valence-electron chi connectivity index (χ3n) is 7.83. The predicted octanol–water partition coefficient (Wildman–Crippen LogP) is 8.37. The van der Waals surface area contributed by atoms with E-state index >= 15 is 0 Å². The van der Waals surface area contributed by atoms with Crippen LogP contribution in [0.25, 0.3) is 10.1 Å². The second kappa shape index (κ2) is 13.9. The molecule has 2 heterocycles. The Hall–Kier alpha value is -4.86. The first-order valence-electron chi connectivity index (χ1n) is 14.8. The Morgan fingerprint density at radius 2 is 1.69 bits per heavy atom. The van der Waals surface area contributed by atoms with Gasteiger partial charge < -0.3 is 25.0 Å². The quantitative estimate of drug-likeness (QED) is 0.141. The lowest BCUT2D eigenvalue weighted by Crippen LogP contribution is -2.39. The van der Waals surface area contributed by atoms with Crippen molar-refractivity contribution in [2.24, 2.45) is 5.92 Å². The molecule has 0 bridgehead atoms.